The number of hydrogen-bond donors (Lipinski definition) is 1. The third-order valence-electron chi connectivity index (χ3n) is 5.02. The van der Waals surface area contributed by atoms with Crippen LogP contribution in [-0.4, -0.2) is 42.8 Å². The van der Waals surface area contributed by atoms with E-state index in [4.69, 9.17) is 0 Å². The smallest absolute Gasteiger partial charge is 0.387 e. The summed E-state index contributed by atoms with van der Waals surface area (Å²) in [6.07, 6.45) is 1.44. The number of carbonyl (C=O) groups is 2. The lowest BCUT2D eigenvalue weighted by Gasteiger charge is -2.30. The molecule has 0 aromatic heterocycles. The number of aryl methyl sites for hydroxylation is 1. The normalized spacial score (nSPS) is 15.3. The summed E-state index contributed by atoms with van der Waals surface area (Å²) >= 11 is 0. The number of Topliss-reactive ketones (excluding diaryl/α,β-unsaturated/α-hetero) is 1. The molecule has 1 aliphatic heterocycles. The maximum absolute atomic E-state index is 12.6. The number of benzene rings is 2. The van der Waals surface area contributed by atoms with Gasteiger partial charge in [-0.15, -0.1) is 0 Å². The predicted molar refractivity (Wildman–Crippen MR) is 106 cm³/mol. The lowest BCUT2D eigenvalue weighted by Crippen LogP contribution is -2.40. The molecule has 7 heteroatoms. The van der Waals surface area contributed by atoms with Crippen molar-refractivity contribution in [2.75, 3.05) is 25.0 Å². The summed E-state index contributed by atoms with van der Waals surface area (Å²) in [5, 5.41) is 2.74. The Kier molecular flexibility index (Phi) is 6.93. The standard InChI is InChI=1S/C22H24F2N2O3/c1-15-2-4-16(5-3-15)21(28)17-10-12-26(13-11-17)14-20(27)25-18-6-8-19(9-7-18)29-22(23)24/h2-9,17,22H,10-14H2,1H3,(H,25,27). The van der Waals surface area contributed by atoms with Crippen LogP contribution in [0.4, 0.5) is 14.5 Å². The molecule has 0 unspecified atom stereocenters. The van der Waals surface area contributed by atoms with Crippen LogP contribution in [0, 0.1) is 12.8 Å². The summed E-state index contributed by atoms with van der Waals surface area (Å²) in [6, 6.07) is 13.4. The average Bonchev–Trinajstić information content (AvgIpc) is 2.70. The summed E-state index contributed by atoms with van der Waals surface area (Å²) in [7, 11) is 0. The number of ketones is 1. The summed E-state index contributed by atoms with van der Waals surface area (Å²) < 4.78 is 28.6. The monoisotopic (exact) mass is 402 g/mol. The number of piperidine rings is 1. The Labute approximate surface area is 168 Å². The van der Waals surface area contributed by atoms with Gasteiger partial charge in [0.15, 0.2) is 5.78 Å². The van der Waals surface area contributed by atoms with Gasteiger partial charge >= 0.3 is 6.61 Å². The number of nitrogens with zero attached hydrogens (tertiary/aromatic N) is 1. The molecule has 2 aromatic carbocycles. The van der Waals surface area contributed by atoms with Crippen molar-refractivity contribution in [1.82, 2.24) is 4.90 Å². The Hall–Kier alpha value is -2.80. The summed E-state index contributed by atoms with van der Waals surface area (Å²) in [5.41, 5.74) is 2.38. The largest absolute Gasteiger partial charge is 0.435 e. The van der Waals surface area contributed by atoms with Crippen molar-refractivity contribution >= 4 is 17.4 Å². The molecule has 0 atom stereocenters. The first-order valence-corrected chi connectivity index (χ1v) is 9.58. The molecular formula is C22H24F2N2O3. The number of rotatable bonds is 7. The zero-order valence-electron chi connectivity index (χ0n) is 16.2. The van der Waals surface area contributed by atoms with E-state index in [1.165, 1.54) is 24.3 Å². The van der Waals surface area contributed by atoms with Gasteiger partial charge in [0.2, 0.25) is 5.91 Å². The van der Waals surface area contributed by atoms with E-state index in [-0.39, 0.29) is 29.9 Å². The molecule has 1 amide bonds. The van der Waals surface area contributed by atoms with Gasteiger partial charge in [0.25, 0.3) is 0 Å². The highest BCUT2D eigenvalue weighted by Crippen LogP contribution is 2.22. The minimum Gasteiger partial charge on any atom is -0.435 e. The Morgan fingerprint density at radius 3 is 2.28 bits per heavy atom. The van der Waals surface area contributed by atoms with Gasteiger partial charge in [-0.2, -0.15) is 8.78 Å². The molecule has 1 saturated heterocycles. The molecule has 1 heterocycles. The van der Waals surface area contributed by atoms with Crippen LogP contribution in [0.1, 0.15) is 28.8 Å². The first-order chi connectivity index (χ1) is 13.9. The van der Waals surface area contributed by atoms with Crippen molar-refractivity contribution in [2.45, 2.75) is 26.4 Å². The van der Waals surface area contributed by atoms with Crippen LogP contribution in [0.15, 0.2) is 48.5 Å². The molecule has 0 bridgehead atoms. The molecule has 0 radical (unpaired) electrons. The molecule has 1 N–H and O–H groups in total. The third kappa shape index (κ3) is 6.09. The van der Waals surface area contributed by atoms with Gasteiger partial charge in [-0.05, 0) is 57.1 Å². The van der Waals surface area contributed by atoms with Crippen molar-refractivity contribution in [3.8, 4) is 5.75 Å². The molecule has 29 heavy (non-hydrogen) atoms. The van der Waals surface area contributed by atoms with Gasteiger partial charge in [-0.3, -0.25) is 14.5 Å². The molecule has 154 valence electrons. The fourth-order valence-electron chi connectivity index (χ4n) is 3.43. The number of hydrogen-bond acceptors (Lipinski definition) is 4. The topological polar surface area (TPSA) is 58.6 Å². The minimum absolute atomic E-state index is 0.0144. The molecule has 0 saturated carbocycles. The first kappa shape index (κ1) is 20.9. The molecule has 1 aliphatic rings. The minimum atomic E-state index is -2.88. The van der Waals surface area contributed by atoms with Crippen molar-refractivity contribution < 1.29 is 23.1 Å². The van der Waals surface area contributed by atoms with Crippen LogP contribution in [0.3, 0.4) is 0 Å². The first-order valence-electron chi connectivity index (χ1n) is 9.58. The molecular weight excluding hydrogens is 378 g/mol. The number of likely N-dealkylation sites (tertiary alicyclic amines) is 1. The Balaban J connectivity index is 1.44. The van der Waals surface area contributed by atoms with E-state index in [9.17, 15) is 18.4 Å². The molecule has 0 aliphatic carbocycles. The van der Waals surface area contributed by atoms with Crippen LogP contribution in [-0.2, 0) is 4.79 Å². The second-order valence-corrected chi connectivity index (χ2v) is 7.23. The van der Waals surface area contributed by atoms with Crippen LogP contribution >= 0.6 is 0 Å². The number of carbonyl (C=O) groups excluding carboxylic acids is 2. The van der Waals surface area contributed by atoms with Crippen molar-refractivity contribution in [1.29, 1.82) is 0 Å². The molecule has 1 fully saturated rings. The second kappa shape index (κ2) is 9.60. The fourth-order valence-corrected chi connectivity index (χ4v) is 3.43. The summed E-state index contributed by atoms with van der Waals surface area (Å²) in [6.45, 7) is 0.689. The van der Waals surface area contributed by atoms with Crippen molar-refractivity contribution in [3.63, 3.8) is 0 Å². The highest BCUT2D eigenvalue weighted by molar-refractivity contribution is 5.98. The number of halogens is 2. The highest BCUT2D eigenvalue weighted by atomic mass is 19.3. The Morgan fingerprint density at radius 2 is 1.69 bits per heavy atom. The number of alkyl halides is 2. The van der Waals surface area contributed by atoms with E-state index >= 15 is 0 Å². The molecule has 0 spiro atoms. The SMILES string of the molecule is Cc1ccc(C(=O)C2CCN(CC(=O)Nc3ccc(OC(F)F)cc3)CC2)cc1. The van der Waals surface area contributed by atoms with E-state index < -0.39 is 6.61 Å². The summed E-state index contributed by atoms with van der Waals surface area (Å²) in [4.78, 5) is 26.9. The quantitative estimate of drug-likeness (QED) is 0.708. The van der Waals surface area contributed by atoms with Crippen LogP contribution in [0.25, 0.3) is 0 Å². The predicted octanol–water partition coefficient (Wildman–Crippen LogP) is 4.13. The van der Waals surface area contributed by atoms with Gasteiger partial charge in [-0.1, -0.05) is 29.8 Å². The van der Waals surface area contributed by atoms with Crippen LogP contribution in [0.5, 0.6) is 5.75 Å². The number of anilines is 1. The van der Waals surface area contributed by atoms with E-state index in [0.717, 1.165) is 24.0 Å². The molecule has 3 rings (SSSR count). The van der Waals surface area contributed by atoms with Crippen LogP contribution in [0.2, 0.25) is 0 Å². The third-order valence-corrected chi connectivity index (χ3v) is 5.02. The number of ether oxygens (including phenoxy) is 1. The molecule has 5 nitrogen and oxygen atoms in total. The maximum atomic E-state index is 12.6. The fraction of sp³-hybridized carbons (Fsp3) is 0.364. The lowest BCUT2D eigenvalue weighted by molar-refractivity contribution is -0.117. The van der Waals surface area contributed by atoms with E-state index in [1.807, 2.05) is 36.1 Å². The van der Waals surface area contributed by atoms with Gasteiger partial charge < -0.3 is 10.1 Å². The maximum Gasteiger partial charge on any atom is 0.387 e. The summed E-state index contributed by atoms with van der Waals surface area (Å²) in [5.74, 6) is 0.00811. The Bertz CT molecular complexity index is 830. The van der Waals surface area contributed by atoms with E-state index in [2.05, 4.69) is 10.1 Å². The zero-order valence-corrected chi connectivity index (χ0v) is 16.2. The average molecular weight is 402 g/mol. The van der Waals surface area contributed by atoms with Gasteiger partial charge in [0.05, 0.1) is 6.54 Å². The van der Waals surface area contributed by atoms with E-state index in [1.54, 1.807) is 0 Å². The molecule has 2 aromatic rings. The number of nitrogens with one attached hydrogen (secondary N) is 1. The van der Waals surface area contributed by atoms with Gasteiger partial charge in [-0.25, -0.2) is 0 Å². The lowest BCUT2D eigenvalue weighted by atomic mass is 9.88. The van der Waals surface area contributed by atoms with Crippen molar-refractivity contribution in [2.24, 2.45) is 5.92 Å². The highest BCUT2D eigenvalue weighted by Gasteiger charge is 2.26. The number of amides is 1. The van der Waals surface area contributed by atoms with Crippen LogP contribution < -0.4 is 10.1 Å². The Morgan fingerprint density at radius 1 is 1.07 bits per heavy atom. The zero-order chi connectivity index (χ0) is 20.8. The van der Waals surface area contributed by atoms with Gasteiger partial charge in [0, 0.05) is 17.2 Å². The van der Waals surface area contributed by atoms with Crippen molar-refractivity contribution in [3.05, 3.63) is 59.7 Å². The second-order valence-electron chi connectivity index (χ2n) is 7.23. The van der Waals surface area contributed by atoms with Gasteiger partial charge in [0.1, 0.15) is 5.75 Å². The van der Waals surface area contributed by atoms with E-state index in [0.29, 0.717) is 18.8 Å².